The Morgan fingerprint density at radius 1 is 0.397 bits per heavy atom. The van der Waals surface area contributed by atoms with Crippen LogP contribution in [-0.4, -0.2) is 15.0 Å². The normalized spacial score (nSPS) is 12.8. The van der Waals surface area contributed by atoms with Gasteiger partial charge in [0, 0.05) is 45.3 Å². The Morgan fingerprint density at radius 2 is 1.00 bits per heavy atom. The van der Waals surface area contributed by atoms with E-state index in [4.69, 9.17) is 14.4 Å². The fraction of sp³-hybridized carbons (Fsp3) is 0.0556. The fourth-order valence-corrected chi connectivity index (χ4v) is 8.85. The van der Waals surface area contributed by atoms with Crippen molar-refractivity contribution in [3.63, 3.8) is 0 Å². The van der Waals surface area contributed by atoms with E-state index in [9.17, 15) is 0 Å². The van der Waals surface area contributed by atoms with Crippen molar-refractivity contribution in [1.82, 2.24) is 15.0 Å². The van der Waals surface area contributed by atoms with Crippen molar-refractivity contribution in [2.24, 2.45) is 0 Å². The van der Waals surface area contributed by atoms with Gasteiger partial charge in [-0.3, -0.25) is 4.98 Å². The highest BCUT2D eigenvalue weighted by atomic mass is 16.3. The Hall–Kier alpha value is -7.43. The number of hydrogen-bond acceptors (Lipinski definition) is 4. The van der Waals surface area contributed by atoms with E-state index >= 15 is 0 Å². The maximum absolute atomic E-state index is 6.33. The average molecular weight is 744 g/mol. The van der Waals surface area contributed by atoms with Crippen LogP contribution in [-0.2, 0) is 5.41 Å². The first-order valence-corrected chi connectivity index (χ1v) is 19.7. The molecule has 4 heteroatoms. The quantitative estimate of drug-likeness (QED) is 0.170. The summed E-state index contributed by atoms with van der Waals surface area (Å²) in [6, 6.07) is 62.4. The molecule has 1 aliphatic rings. The van der Waals surface area contributed by atoms with Gasteiger partial charge in [0.15, 0.2) is 5.82 Å². The maximum Gasteiger partial charge on any atom is 0.160 e. The number of nitrogens with zero attached hydrogens (tertiary/aromatic N) is 3. The van der Waals surface area contributed by atoms with Crippen LogP contribution < -0.4 is 0 Å². The average Bonchev–Trinajstić information content (AvgIpc) is 3.78. The van der Waals surface area contributed by atoms with Crippen molar-refractivity contribution in [3.8, 4) is 78.4 Å². The summed E-state index contributed by atoms with van der Waals surface area (Å²) in [4.78, 5) is 14.8. The third-order valence-corrected chi connectivity index (χ3v) is 11.8. The zero-order valence-electron chi connectivity index (χ0n) is 32.1. The van der Waals surface area contributed by atoms with E-state index in [2.05, 4.69) is 140 Å². The first-order chi connectivity index (χ1) is 28.5. The Balaban J connectivity index is 1.13. The second kappa shape index (κ2) is 13.4. The molecule has 4 nitrogen and oxygen atoms in total. The highest BCUT2D eigenvalue weighted by Gasteiger charge is 2.35. The molecule has 0 unspecified atom stereocenters. The van der Waals surface area contributed by atoms with Crippen molar-refractivity contribution in [2.45, 2.75) is 19.3 Å². The minimum atomic E-state index is -0.0671. The summed E-state index contributed by atoms with van der Waals surface area (Å²) in [5.41, 5.74) is 18.4. The van der Waals surface area contributed by atoms with E-state index < -0.39 is 0 Å². The number of para-hydroxylation sites is 1. The van der Waals surface area contributed by atoms with Crippen molar-refractivity contribution >= 4 is 21.9 Å². The molecule has 0 aliphatic heterocycles. The summed E-state index contributed by atoms with van der Waals surface area (Å²) >= 11 is 0. The summed E-state index contributed by atoms with van der Waals surface area (Å²) in [7, 11) is 0. The lowest BCUT2D eigenvalue weighted by Crippen LogP contribution is -2.14. The summed E-state index contributed by atoms with van der Waals surface area (Å²) in [5.74, 6) is 0.669. The van der Waals surface area contributed by atoms with Crippen LogP contribution in [0.1, 0.15) is 25.0 Å². The fourth-order valence-electron chi connectivity index (χ4n) is 8.85. The third-order valence-electron chi connectivity index (χ3n) is 11.8. The predicted molar refractivity (Wildman–Crippen MR) is 237 cm³/mol. The number of pyridine rings is 1. The van der Waals surface area contributed by atoms with Gasteiger partial charge in [-0.1, -0.05) is 135 Å². The van der Waals surface area contributed by atoms with Gasteiger partial charge < -0.3 is 4.42 Å². The van der Waals surface area contributed by atoms with E-state index in [0.717, 1.165) is 83.4 Å². The number of benzene rings is 7. The third kappa shape index (κ3) is 5.64. The molecule has 274 valence electrons. The summed E-state index contributed by atoms with van der Waals surface area (Å²) in [6.45, 7) is 4.66. The molecule has 0 saturated heterocycles. The first kappa shape index (κ1) is 33.9. The Labute approximate surface area is 337 Å². The number of rotatable bonds is 6. The molecule has 3 aromatic heterocycles. The monoisotopic (exact) mass is 743 g/mol. The van der Waals surface area contributed by atoms with Crippen LogP contribution in [0, 0.1) is 0 Å². The second-order valence-corrected chi connectivity index (χ2v) is 15.6. The topological polar surface area (TPSA) is 51.8 Å². The molecular weight excluding hydrogens is 707 g/mol. The van der Waals surface area contributed by atoms with E-state index in [1.54, 1.807) is 0 Å². The highest BCUT2D eigenvalue weighted by molar-refractivity contribution is 6.12. The van der Waals surface area contributed by atoms with Gasteiger partial charge in [-0.15, -0.1) is 0 Å². The van der Waals surface area contributed by atoms with Crippen LogP contribution in [0.4, 0.5) is 0 Å². The summed E-state index contributed by atoms with van der Waals surface area (Å²) in [6.07, 6.45) is 3.68. The maximum atomic E-state index is 6.33. The van der Waals surface area contributed by atoms with Gasteiger partial charge in [0.25, 0.3) is 0 Å². The lowest BCUT2D eigenvalue weighted by atomic mass is 9.82. The van der Waals surface area contributed by atoms with E-state index in [0.29, 0.717) is 5.82 Å². The van der Waals surface area contributed by atoms with Crippen LogP contribution in [0.15, 0.2) is 193 Å². The van der Waals surface area contributed by atoms with Gasteiger partial charge in [-0.25, -0.2) is 9.97 Å². The number of aromatic nitrogens is 3. The van der Waals surface area contributed by atoms with Crippen LogP contribution in [0.5, 0.6) is 0 Å². The standard InChI is InChI=1S/C54H37N3O/c1-54(2)46-16-8-6-13-42(46)45-32-38(23-24-47(45)54)40-29-39(35-21-19-34(20-22-35)36-25-27-55-28-26-36)30-41(31-40)48-33-49(57-53(56-48)37-11-4-3-5-12-37)43-15-10-18-51-52(43)44-14-7-9-17-50(44)58-51/h3-33H,1-2H3. The molecule has 0 radical (unpaired) electrons. The number of furan rings is 1. The Bertz CT molecular complexity index is 3180. The molecule has 10 aromatic rings. The number of fused-ring (bicyclic) bond motifs is 6. The van der Waals surface area contributed by atoms with Crippen molar-refractivity contribution in [2.75, 3.05) is 0 Å². The highest BCUT2D eigenvalue weighted by Crippen LogP contribution is 2.50. The summed E-state index contributed by atoms with van der Waals surface area (Å²) in [5, 5.41) is 2.11. The SMILES string of the molecule is CC1(C)c2ccccc2-c2cc(-c3cc(-c4ccc(-c5ccncc5)cc4)cc(-c4cc(-c5cccc6oc7ccccc7c56)nc(-c5ccccc5)n4)c3)ccc21. The minimum absolute atomic E-state index is 0.0671. The molecule has 0 bridgehead atoms. The first-order valence-electron chi connectivity index (χ1n) is 19.7. The molecule has 0 amide bonds. The minimum Gasteiger partial charge on any atom is -0.456 e. The molecule has 0 fully saturated rings. The zero-order valence-corrected chi connectivity index (χ0v) is 32.1. The lowest BCUT2D eigenvalue weighted by molar-refractivity contribution is 0.660. The van der Waals surface area contributed by atoms with Crippen molar-refractivity contribution in [3.05, 3.63) is 199 Å². The Kier molecular flexibility index (Phi) is 7.80. The van der Waals surface area contributed by atoms with Crippen LogP contribution in [0.3, 0.4) is 0 Å². The van der Waals surface area contributed by atoms with Crippen LogP contribution in [0.2, 0.25) is 0 Å². The van der Waals surface area contributed by atoms with Gasteiger partial charge in [0.05, 0.1) is 11.4 Å². The molecule has 7 aromatic carbocycles. The molecule has 0 N–H and O–H groups in total. The zero-order chi connectivity index (χ0) is 38.8. The molecule has 0 saturated carbocycles. The van der Waals surface area contributed by atoms with E-state index in [1.165, 1.54) is 22.3 Å². The number of hydrogen-bond donors (Lipinski definition) is 0. The lowest BCUT2D eigenvalue weighted by Gasteiger charge is -2.21. The van der Waals surface area contributed by atoms with Gasteiger partial charge in [-0.05, 0) is 110 Å². The van der Waals surface area contributed by atoms with Crippen LogP contribution in [0.25, 0.3) is 100 Å². The largest absolute Gasteiger partial charge is 0.456 e. The second-order valence-electron chi connectivity index (χ2n) is 15.6. The predicted octanol–water partition coefficient (Wildman–Crippen LogP) is 14.1. The smallest absolute Gasteiger partial charge is 0.160 e. The molecule has 0 spiro atoms. The molecule has 1 aliphatic carbocycles. The van der Waals surface area contributed by atoms with Crippen molar-refractivity contribution in [1.29, 1.82) is 0 Å². The van der Waals surface area contributed by atoms with Gasteiger partial charge >= 0.3 is 0 Å². The molecule has 3 heterocycles. The molecule has 11 rings (SSSR count). The van der Waals surface area contributed by atoms with Gasteiger partial charge in [0.1, 0.15) is 11.2 Å². The van der Waals surface area contributed by atoms with E-state index in [-0.39, 0.29) is 5.41 Å². The molecule has 0 atom stereocenters. The summed E-state index contributed by atoms with van der Waals surface area (Å²) < 4.78 is 6.33. The molecular formula is C54H37N3O. The van der Waals surface area contributed by atoms with Crippen LogP contribution >= 0.6 is 0 Å². The molecule has 58 heavy (non-hydrogen) atoms. The van der Waals surface area contributed by atoms with Gasteiger partial charge in [0.2, 0.25) is 0 Å². The van der Waals surface area contributed by atoms with Gasteiger partial charge in [-0.2, -0.15) is 0 Å². The Morgan fingerprint density at radius 3 is 1.83 bits per heavy atom. The van der Waals surface area contributed by atoms with Crippen molar-refractivity contribution < 1.29 is 4.42 Å². The van der Waals surface area contributed by atoms with E-state index in [1.807, 2.05) is 67.0 Å².